The summed E-state index contributed by atoms with van der Waals surface area (Å²) < 4.78 is 6.37. The average Bonchev–Trinajstić information content (AvgIpc) is 2.75. The molecule has 2 aromatic heterocycles. The van der Waals surface area contributed by atoms with Gasteiger partial charge in [0.1, 0.15) is 5.82 Å². The zero-order valence-corrected chi connectivity index (χ0v) is 11.3. The Bertz CT molecular complexity index is 570. The maximum absolute atomic E-state index is 5.96. The van der Waals surface area contributed by atoms with Gasteiger partial charge in [-0.25, -0.2) is 9.97 Å². The van der Waals surface area contributed by atoms with E-state index in [1.807, 2.05) is 11.4 Å². The second-order valence-electron chi connectivity index (χ2n) is 3.76. The summed E-state index contributed by atoms with van der Waals surface area (Å²) in [5.74, 6) is 1.23. The number of nitrogens with zero attached hydrogens (tertiary/aromatic N) is 2. The largest absolute Gasteiger partial charge is 0.383 e. The number of rotatable bonds is 1. The molecule has 0 atom stereocenters. The lowest BCUT2D eigenvalue weighted by atomic mass is 10.1. The maximum atomic E-state index is 5.96. The summed E-state index contributed by atoms with van der Waals surface area (Å²) in [6.07, 6.45) is 0.804. The van der Waals surface area contributed by atoms with E-state index in [1.54, 1.807) is 11.3 Å². The van der Waals surface area contributed by atoms with E-state index in [0.717, 1.165) is 27.0 Å². The Morgan fingerprint density at radius 2 is 2.29 bits per heavy atom. The minimum absolute atomic E-state index is 0.521. The first-order chi connectivity index (χ1) is 8.25. The lowest BCUT2D eigenvalue weighted by molar-refractivity contribution is 0.109. The molecule has 1 aliphatic heterocycles. The fourth-order valence-corrected chi connectivity index (χ4v) is 3.29. The zero-order valence-electron chi connectivity index (χ0n) is 8.94. The molecule has 2 aromatic rings. The van der Waals surface area contributed by atoms with Crippen LogP contribution in [0.25, 0.3) is 10.7 Å². The second-order valence-corrected chi connectivity index (χ2v) is 5.53. The zero-order chi connectivity index (χ0) is 11.8. The van der Waals surface area contributed by atoms with Crippen molar-refractivity contribution >= 4 is 33.1 Å². The number of halogens is 1. The predicted molar refractivity (Wildman–Crippen MR) is 70.8 cm³/mol. The topological polar surface area (TPSA) is 61.0 Å². The molecule has 0 radical (unpaired) electrons. The Morgan fingerprint density at radius 3 is 3.06 bits per heavy atom. The number of thiophene rings is 1. The van der Waals surface area contributed by atoms with Crippen molar-refractivity contribution in [2.45, 2.75) is 13.0 Å². The van der Waals surface area contributed by atoms with E-state index in [9.17, 15) is 0 Å². The van der Waals surface area contributed by atoms with Crippen LogP contribution in [0.5, 0.6) is 0 Å². The van der Waals surface area contributed by atoms with Crippen molar-refractivity contribution in [3.63, 3.8) is 0 Å². The minimum atomic E-state index is 0.521. The van der Waals surface area contributed by atoms with Crippen molar-refractivity contribution in [2.75, 3.05) is 12.3 Å². The highest BCUT2D eigenvalue weighted by Gasteiger charge is 2.18. The first kappa shape index (κ1) is 11.1. The van der Waals surface area contributed by atoms with Crippen molar-refractivity contribution in [1.29, 1.82) is 0 Å². The van der Waals surface area contributed by atoms with E-state index in [1.165, 1.54) is 0 Å². The Kier molecular flexibility index (Phi) is 2.85. The van der Waals surface area contributed by atoms with Crippen molar-refractivity contribution in [3.05, 3.63) is 27.2 Å². The summed E-state index contributed by atoms with van der Waals surface area (Å²) in [5.41, 5.74) is 7.91. The third kappa shape index (κ3) is 1.96. The van der Waals surface area contributed by atoms with Crippen LogP contribution in [0.2, 0.25) is 0 Å². The van der Waals surface area contributed by atoms with Crippen molar-refractivity contribution in [1.82, 2.24) is 9.97 Å². The molecule has 88 valence electrons. The van der Waals surface area contributed by atoms with Crippen molar-refractivity contribution in [3.8, 4) is 10.7 Å². The van der Waals surface area contributed by atoms with Crippen LogP contribution in [0, 0.1) is 0 Å². The van der Waals surface area contributed by atoms with Gasteiger partial charge in [0, 0.05) is 16.5 Å². The molecule has 0 bridgehead atoms. The third-order valence-corrected chi connectivity index (χ3v) is 4.51. The van der Waals surface area contributed by atoms with Crippen LogP contribution >= 0.6 is 27.3 Å². The number of nitrogens with two attached hydrogens (primary N) is 1. The van der Waals surface area contributed by atoms with E-state index in [0.29, 0.717) is 24.9 Å². The number of hydrogen-bond acceptors (Lipinski definition) is 5. The van der Waals surface area contributed by atoms with Crippen LogP contribution in [-0.4, -0.2) is 16.6 Å². The summed E-state index contributed by atoms with van der Waals surface area (Å²) in [6, 6.07) is 1.99. The summed E-state index contributed by atoms with van der Waals surface area (Å²) in [6.45, 7) is 1.22. The number of fused-ring (bicyclic) bond motifs is 1. The molecule has 2 N–H and O–H groups in total. The Hall–Kier alpha value is -0.980. The van der Waals surface area contributed by atoms with Gasteiger partial charge in [-0.3, -0.25) is 0 Å². The minimum Gasteiger partial charge on any atom is -0.383 e. The van der Waals surface area contributed by atoms with Gasteiger partial charge in [-0.05, 0) is 27.4 Å². The van der Waals surface area contributed by atoms with Gasteiger partial charge < -0.3 is 10.5 Å². The lowest BCUT2D eigenvalue weighted by Gasteiger charge is -2.17. The maximum Gasteiger partial charge on any atom is 0.173 e. The quantitative estimate of drug-likeness (QED) is 0.879. The fraction of sp³-hybridized carbons (Fsp3) is 0.273. The highest BCUT2D eigenvalue weighted by Crippen LogP contribution is 2.33. The SMILES string of the molecule is Nc1nc(-c2sccc2Br)nc2c1COCC2. The number of anilines is 1. The van der Waals surface area contributed by atoms with Crippen LogP contribution in [0.3, 0.4) is 0 Å². The number of nitrogen functional groups attached to an aromatic ring is 1. The van der Waals surface area contributed by atoms with Crippen molar-refractivity contribution in [2.24, 2.45) is 0 Å². The molecule has 0 aromatic carbocycles. The highest BCUT2D eigenvalue weighted by molar-refractivity contribution is 9.10. The molecule has 0 saturated carbocycles. The lowest BCUT2D eigenvalue weighted by Crippen LogP contribution is -2.16. The van der Waals surface area contributed by atoms with Crippen molar-refractivity contribution < 1.29 is 4.74 Å². The fourth-order valence-electron chi connectivity index (χ4n) is 1.81. The van der Waals surface area contributed by atoms with Crippen LogP contribution in [0.15, 0.2) is 15.9 Å². The molecule has 4 nitrogen and oxygen atoms in total. The standard InChI is InChI=1S/C11H10BrN3OS/c12-7-2-4-17-9(7)11-14-8-1-3-16-5-6(8)10(13)15-11/h2,4H,1,3,5H2,(H2,13,14,15). The van der Waals surface area contributed by atoms with Gasteiger partial charge in [0.05, 0.1) is 23.8 Å². The first-order valence-electron chi connectivity index (χ1n) is 5.22. The van der Waals surface area contributed by atoms with Gasteiger partial charge in [-0.2, -0.15) is 0 Å². The molecular weight excluding hydrogens is 302 g/mol. The molecule has 0 amide bonds. The molecule has 3 rings (SSSR count). The van der Waals surface area contributed by atoms with Gasteiger partial charge in [0.15, 0.2) is 5.82 Å². The second kappa shape index (κ2) is 4.36. The summed E-state index contributed by atoms with van der Waals surface area (Å²) in [7, 11) is 0. The Morgan fingerprint density at radius 1 is 1.41 bits per heavy atom. The normalized spacial score (nSPS) is 14.6. The van der Waals surface area contributed by atoms with Gasteiger partial charge >= 0.3 is 0 Å². The summed E-state index contributed by atoms with van der Waals surface area (Å²) in [4.78, 5) is 9.96. The molecule has 1 aliphatic rings. The first-order valence-corrected chi connectivity index (χ1v) is 6.89. The molecule has 6 heteroatoms. The highest BCUT2D eigenvalue weighted by atomic mass is 79.9. The van der Waals surface area contributed by atoms with E-state index in [4.69, 9.17) is 10.5 Å². The molecule has 17 heavy (non-hydrogen) atoms. The molecular formula is C11H10BrN3OS. The van der Waals surface area contributed by atoms with E-state index >= 15 is 0 Å². The number of ether oxygens (including phenoxy) is 1. The van der Waals surface area contributed by atoms with Gasteiger partial charge in [-0.1, -0.05) is 0 Å². The monoisotopic (exact) mass is 311 g/mol. The number of hydrogen-bond donors (Lipinski definition) is 1. The summed E-state index contributed by atoms with van der Waals surface area (Å²) >= 11 is 5.09. The van der Waals surface area contributed by atoms with Crippen LogP contribution < -0.4 is 5.73 Å². The van der Waals surface area contributed by atoms with Gasteiger partial charge in [0.25, 0.3) is 0 Å². The van der Waals surface area contributed by atoms with E-state index < -0.39 is 0 Å². The smallest absolute Gasteiger partial charge is 0.173 e. The molecule has 0 saturated heterocycles. The van der Waals surface area contributed by atoms with Gasteiger partial charge in [-0.15, -0.1) is 11.3 Å². The molecule has 0 aliphatic carbocycles. The third-order valence-electron chi connectivity index (χ3n) is 2.67. The summed E-state index contributed by atoms with van der Waals surface area (Å²) in [5, 5.41) is 2.00. The number of aromatic nitrogens is 2. The van der Waals surface area contributed by atoms with Crippen LogP contribution in [0.1, 0.15) is 11.3 Å². The molecule has 0 spiro atoms. The predicted octanol–water partition coefficient (Wildman–Crippen LogP) is 2.62. The molecule has 3 heterocycles. The Balaban J connectivity index is 2.14. The van der Waals surface area contributed by atoms with Crippen LogP contribution in [-0.2, 0) is 17.8 Å². The van der Waals surface area contributed by atoms with E-state index in [-0.39, 0.29) is 0 Å². The molecule has 0 unspecified atom stereocenters. The average molecular weight is 312 g/mol. The van der Waals surface area contributed by atoms with Gasteiger partial charge in [0.2, 0.25) is 0 Å². The van der Waals surface area contributed by atoms with Crippen LogP contribution in [0.4, 0.5) is 5.82 Å². The molecule has 0 fully saturated rings. The van der Waals surface area contributed by atoms with E-state index in [2.05, 4.69) is 25.9 Å². The Labute approximate surface area is 111 Å².